The van der Waals surface area contributed by atoms with Gasteiger partial charge in [-0.25, -0.2) is 19.3 Å². The van der Waals surface area contributed by atoms with Gasteiger partial charge in [0.15, 0.2) is 17.7 Å². The molecule has 1 aliphatic rings. The number of hydrogen-bond donors (Lipinski definition) is 5. The Balaban J connectivity index is 1.54. The molecule has 2 amide bonds. The number of hydrogen-bond acceptors (Lipinski definition) is 22. The fraction of sp³-hybridized carbons (Fsp3) is 0.583. The van der Waals surface area contributed by atoms with E-state index in [-0.39, 0.29) is 41.6 Å². The van der Waals surface area contributed by atoms with E-state index in [1.165, 1.54) is 13.8 Å². The first-order valence-electron chi connectivity index (χ1n) is 14.7. The van der Waals surface area contributed by atoms with Gasteiger partial charge in [-0.2, -0.15) is 0 Å². The summed E-state index contributed by atoms with van der Waals surface area (Å²) < 4.78 is 60.2. The molecule has 52 heavy (non-hydrogen) atoms. The number of anilines is 1. The van der Waals surface area contributed by atoms with Crippen molar-refractivity contribution in [2.45, 2.75) is 50.9 Å². The van der Waals surface area contributed by atoms with E-state index in [0.29, 0.717) is 5.75 Å². The van der Waals surface area contributed by atoms with Crippen LogP contribution in [0.25, 0.3) is 11.2 Å². The van der Waals surface area contributed by atoms with Gasteiger partial charge in [-0.05, 0) is 6.08 Å². The minimum absolute atomic E-state index is 0.0228. The monoisotopic (exact) mass is 817 g/mol. The molecule has 1 saturated heterocycles. The van der Waals surface area contributed by atoms with Crippen LogP contribution in [-0.4, -0.2) is 103 Å². The summed E-state index contributed by atoms with van der Waals surface area (Å²) in [5.41, 5.74) is 4.05. The Morgan fingerprint density at radius 2 is 1.81 bits per heavy atom. The van der Waals surface area contributed by atoms with Crippen molar-refractivity contribution >= 4 is 69.1 Å². The van der Waals surface area contributed by atoms with Crippen LogP contribution in [0.15, 0.2) is 25.3 Å². The van der Waals surface area contributed by atoms with Crippen molar-refractivity contribution in [3.05, 3.63) is 25.3 Å². The smallest absolute Gasteiger partial charge is 0.274 e. The Hall–Kier alpha value is -2.70. The number of nitrogens with zero attached hydrogens (tertiary/aromatic N) is 4. The van der Waals surface area contributed by atoms with E-state index >= 15 is 0 Å². The molecule has 3 heterocycles. The third-order valence-electron chi connectivity index (χ3n) is 6.89. The highest BCUT2D eigenvalue weighted by Crippen LogP contribution is 2.56. The van der Waals surface area contributed by atoms with Crippen LogP contribution in [-0.2, 0) is 50.7 Å². The summed E-state index contributed by atoms with van der Waals surface area (Å²) in [7, 11) is -17.6. The summed E-state index contributed by atoms with van der Waals surface area (Å²) in [4.78, 5) is 94.7. The van der Waals surface area contributed by atoms with Crippen LogP contribution in [0.3, 0.4) is 0 Å². The van der Waals surface area contributed by atoms with E-state index in [9.17, 15) is 57.9 Å². The molecule has 0 aromatic carbocycles. The SMILES string of the molecule is C=CC(=O)SCCNC(=O)CCNC(=O)[C@H](O)C(C)(C)COP(=O)([O-])OP(=O)([O-])OC[C@H]1O[C@@H](n2cnc3c(N)ncnc32)[C@H](O)[C@@H]1OP(=O)([O-])[O-]. The number of carbonyl (C=O) groups is 3. The molecule has 0 aliphatic carbocycles. The van der Waals surface area contributed by atoms with Crippen LogP contribution in [0.2, 0.25) is 0 Å². The molecule has 0 bridgehead atoms. The number of phosphoric ester groups is 3. The number of aromatic nitrogens is 4. The number of amides is 2. The van der Waals surface area contributed by atoms with E-state index in [1.54, 1.807) is 0 Å². The Kier molecular flexibility index (Phi) is 15.2. The van der Waals surface area contributed by atoms with E-state index < -0.39 is 84.6 Å². The highest BCUT2D eigenvalue weighted by Gasteiger charge is 2.47. The number of nitrogens with one attached hydrogen (secondary N) is 2. The normalized spacial score (nSPS) is 22.3. The van der Waals surface area contributed by atoms with Gasteiger partial charge in [0.25, 0.3) is 15.6 Å². The van der Waals surface area contributed by atoms with Gasteiger partial charge in [-0.15, -0.1) is 0 Å². The number of thioether (sulfide) groups is 1. The fourth-order valence-corrected chi connectivity index (χ4v) is 7.58. The molecule has 3 rings (SSSR count). The molecular formula is C24H34N7O17P3S-4. The van der Waals surface area contributed by atoms with Crippen LogP contribution >= 0.6 is 35.2 Å². The van der Waals surface area contributed by atoms with E-state index in [4.69, 9.17) is 10.5 Å². The maximum absolute atomic E-state index is 12.4. The molecule has 7 atom stereocenters. The standard InChI is InChI=1S/C24H38N7O17P3S/c1-4-15(33)52-8-7-26-14(32)5-6-27-22(36)19(35)24(2,3)10-45-51(42,43)48-50(40,41)44-9-13-18(47-49(37,38)39)17(34)23(46-13)31-12-30-16-20(25)28-11-29-21(16)31/h4,11-13,17-19,23,34-35H,1,5-10H2,2-3H3,(H,26,32)(H,27,36)(H,40,41)(H,42,43)(H2,25,28,29)(H2,37,38,39)/p-4/t13-,17-,18-,19+,23-/m1/s1. The van der Waals surface area contributed by atoms with Crippen LogP contribution in [0, 0.1) is 5.41 Å². The zero-order valence-electron chi connectivity index (χ0n) is 27.2. The van der Waals surface area contributed by atoms with Gasteiger partial charge >= 0.3 is 0 Å². The summed E-state index contributed by atoms with van der Waals surface area (Å²) in [5, 5.41) is 25.7. The van der Waals surface area contributed by atoms with Crippen molar-refractivity contribution in [3.8, 4) is 0 Å². The van der Waals surface area contributed by atoms with Crippen molar-refractivity contribution in [1.29, 1.82) is 0 Å². The molecule has 2 unspecified atom stereocenters. The average Bonchev–Trinajstić information content (AvgIpc) is 3.60. The molecule has 0 saturated carbocycles. The summed E-state index contributed by atoms with van der Waals surface area (Å²) in [6, 6.07) is 0. The van der Waals surface area contributed by atoms with E-state index in [1.807, 2.05) is 0 Å². The Morgan fingerprint density at radius 1 is 1.13 bits per heavy atom. The van der Waals surface area contributed by atoms with Gasteiger partial charge in [-0.1, -0.05) is 32.2 Å². The second-order valence-electron chi connectivity index (χ2n) is 11.4. The summed E-state index contributed by atoms with van der Waals surface area (Å²) in [6.07, 6.45) is -6.47. The maximum atomic E-state index is 12.4. The van der Waals surface area contributed by atoms with Gasteiger partial charge in [0.2, 0.25) is 16.9 Å². The molecule has 292 valence electrons. The van der Waals surface area contributed by atoms with Gasteiger partial charge < -0.3 is 69.0 Å². The number of aliphatic hydroxyl groups is 2. The first-order valence-corrected chi connectivity index (χ1v) is 20.0. The maximum Gasteiger partial charge on any atom is 0.274 e. The number of fused-ring (bicyclic) bond motifs is 1. The zero-order chi connectivity index (χ0) is 39.1. The van der Waals surface area contributed by atoms with Gasteiger partial charge in [0, 0.05) is 30.7 Å². The van der Waals surface area contributed by atoms with Crippen molar-refractivity contribution in [3.63, 3.8) is 0 Å². The minimum Gasteiger partial charge on any atom is -0.790 e. The molecule has 0 radical (unpaired) electrons. The minimum atomic E-state index is -5.91. The first-order chi connectivity index (χ1) is 24.1. The van der Waals surface area contributed by atoms with E-state index in [2.05, 4.69) is 50.0 Å². The topological polar surface area (TPSA) is 375 Å². The number of nitrogen functional groups attached to an aromatic ring is 1. The third kappa shape index (κ3) is 12.7. The van der Waals surface area contributed by atoms with Crippen molar-refractivity contribution in [1.82, 2.24) is 30.2 Å². The largest absolute Gasteiger partial charge is 0.790 e. The number of imidazole rings is 1. The lowest BCUT2D eigenvalue weighted by molar-refractivity contribution is -0.347. The van der Waals surface area contributed by atoms with Crippen LogP contribution in [0.5, 0.6) is 0 Å². The Bertz CT molecular complexity index is 1760. The highest BCUT2D eigenvalue weighted by molar-refractivity contribution is 8.14. The van der Waals surface area contributed by atoms with Gasteiger partial charge in [0.1, 0.15) is 36.3 Å². The predicted molar refractivity (Wildman–Crippen MR) is 168 cm³/mol. The summed E-state index contributed by atoms with van der Waals surface area (Å²) >= 11 is 0.940. The molecule has 1 aliphatic heterocycles. The average molecular weight is 818 g/mol. The Labute approximate surface area is 298 Å². The molecule has 2 aromatic heterocycles. The number of nitrogens with two attached hydrogens (primary N) is 1. The van der Waals surface area contributed by atoms with Crippen molar-refractivity contribution in [2.24, 2.45) is 5.41 Å². The highest BCUT2D eigenvalue weighted by atomic mass is 32.2. The van der Waals surface area contributed by atoms with E-state index in [0.717, 1.165) is 35.1 Å². The van der Waals surface area contributed by atoms with Crippen molar-refractivity contribution in [2.75, 3.05) is 37.8 Å². The third-order valence-corrected chi connectivity index (χ3v) is 10.8. The first kappa shape index (κ1) is 43.7. The molecular weight excluding hydrogens is 783 g/mol. The summed E-state index contributed by atoms with van der Waals surface area (Å²) in [5.74, 6) is -1.29. The lowest BCUT2D eigenvalue weighted by Gasteiger charge is -2.36. The van der Waals surface area contributed by atoms with Crippen LogP contribution in [0.4, 0.5) is 5.82 Å². The second kappa shape index (κ2) is 18.1. The van der Waals surface area contributed by atoms with Crippen LogP contribution in [0.1, 0.15) is 26.5 Å². The number of phosphoric acid groups is 3. The lowest BCUT2D eigenvalue weighted by atomic mass is 9.87. The quantitative estimate of drug-likeness (QED) is 0.0488. The number of carbonyl (C=O) groups excluding carboxylic acids is 3. The van der Waals surface area contributed by atoms with Crippen molar-refractivity contribution < 1.29 is 80.5 Å². The van der Waals surface area contributed by atoms with Gasteiger partial charge in [0.05, 0.1) is 27.4 Å². The molecule has 0 spiro atoms. The molecule has 28 heteroatoms. The second-order valence-corrected chi connectivity index (χ2v) is 16.5. The molecule has 2 aromatic rings. The fourth-order valence-electron chi connectivity index (χ4n) is 4.32. The molecule has 1 fully saturated rings. The lowest BCUT2D eigenvalue weighted by Crippen LogP contribution is -2.46. The number of aliphatic hydroxyl groups excluding tert-OH is 2. The van der Waals surface area contributed by atoms with Crippen LogP contribution < -0.4 is 35.9 Å². The molecule has 6 N–H and O–H groups in total. The zero-order valence-corrected chi connectivity index (χ0v) is 30.7. The summed E-state index contributed by atoms with van der Waals surface area (Å²) in [6.45, 7) is 3.36. The van der Waals surface area contributed by atoms with Gasteiger partial charge in [-0.3, -0.25) is 28.1 Å². The Morgan fingerprint density at radius 3 is 2.46 bits per heavy atom. The molecule has 24 nitrogen and oxygen atoms in total. The number of ether oxygens (including phenoxy) is 1. The predicted octanol–water partition coefficient (Wildman–Crippen LogP) is -3.68. The number of rotatable bonds is 20.